The minimum Gasteiger partial charge on any atom is -0.507 e. The summed E-state index contributed by atoms with van der Waals surface area (Å²) in [6, 6.07) is 13.1. The fourth-order valence-corrected chi connectivity index (χ4v) is 13.4. The number of phenols is 2. The molecule has 4 aromatic carbocycles. The number of piperazine rings is 2. The zero-order chi connectivity index (χ0) is 66.4. The number of fused-ring (bicyclic) bond motifs is 4. The molecule has 6 aromatic heterocycles. The van der Waals surface area contributed by atoms with Gasteiger partial charge in [0.15, 0.2) is 11.3 Å². The highest BCUT2D eigenvalue weighted by molar-refractivity contribution is 6.34. The van der Waals surface area contributed by atoms with Crippen molar-refractivity contribution in [3.05, 3.63) is 164 Å². The minimum absolute atomic E-state index is 0.0134. The number of halogens is 5. The van der Waals surface area contributed by atoms with E-state index in [1.807, 2.05) is 89.8 Å². The number of aromatic hydroxyl groups is 2. The maximum atomic E-state index is 16.3. The van der Waals surface area contributed by atoms with Gasteiger partial charge >= 0.3 is 11.4 Å². The zero-order valence-corrected chi connectivity index (χ0v) is 54.0. The molecule has 0 radical (unpaired) electrons. The topological polar surface area (TPSA) is 219 Å². The Morgan fingerprint density at radius 1 is 0.587 bits per heavy atom. The van der Waals surface area contributed by atoms with E-state index in [0.717, 1.165) is 32.8 Å². The molecule has 20 nitrogen and oxygen atoms in total. The van der Waals surface area contributed by atoms with Crippen molar-refractivity contribution in [1.29, 1.82) is 0 Å². The Hall–Kier alpha value is -9.61. The molecular weight excluding hydrogens is 1220 g/mol. The predicted molar refractivity (Wildman–Crippen MR) is 352 cm³/mol. The largest absolute Gasteiger partial charge is 0.507 e. The molecule has 12 rings (SSSR count). The fourth-order valence-electron chi connectivity index (χ4n) is 12.9. The van der Waals surface area contributed by atoms with Crippen molar-refractivity contribution in [2.75, 3.05) is 36.0 Å². The van der Waals surface area contributed by atoms with Crippen LogP contribution >= 0.6 is 23.2 Å². The van der Waals surface area contributed by atoms with Gasteiger partial charge in [-0.2, -0.15) is 9.97 Å². The minimum atomic E-state index is -0.832. The van der Waals surface area contributed by atoms with Crippen molar-refractivity contribution < 1.29 is 33.0 Å². The van der Waals surface area contributed by atoms with Crippen LogP contribution in [-0.4, -0.2) is 130 Å². The molecule has 10 aromatic rings. The second kappa shape index (κ2) is 24.5. The quantitative estimate of drug-likeness (QED) is 0.122. The van der Waals surface area contributed by atoms with Crippen LogP contribution < -0.4 is 21.2 Å². The number of imidazole rings is 2. The molecule has 2 saturated heterocycles. The van der Waals surface area contributed by atoms with E-state index in [0.29, 0.717) is 65.1 Å². The van der Waals surface area contributed by atoms with Gasteiger partial charge in [0.05, 0.1) is 89.4 Å². The smallest absolute Gasteiger partial charge is 0.355 e. The molecule has 0 bridgehead atoms. The summed E-state index contributed by atoms with van der Waals surface area (Å²) in [5.74, 6) is -3.10. The third-order valence-corrected chi connectivity index (χ3v) is 17.9. The summed E-state index contributed by atoms with van der Waals surface area (Å²) in [6.07, 6.45) is 5.86. The van der Waals surface area contributed by atoms with E-state index in [2.05, 4.69) is 38.1 Å². The van der Waals surface area contributed by atoms with Gasteiger partial charge in [-0.1, -0.05) is 76.2 Å². The number of carbonyl (C=O) groups excluding carboxylic acids is 2. The van der Waals surface area contributed by atoms with Crippen LogP contribution in [0.1, 0.15) is 83.9 Å². The van der Waals surface area contributed by atoms with Gasteiger partial charge in [0.2, 0.25) is 11.8 Å². The molecule has 2 aliphatic heterocycles. The van der Waals surface area contributed by atoms with Crippen molar-refractivity contribution in [1.82, 2.24) is 58.0 Å². The molecule has 0 saturated carbocycles. The van der Waals surface area contributed by atoms with Crippen molar-refractivity contribution >= 4 is 90.8 Å². The summed E-state index contributed by atoms with van der Waals surface area (Å²) >= 11 is 13.6. The van der Waals surface area contributed by atoms with Crippen LogP contribution in [0, 0.1) is 24.4 Å². The molecule has 0 aliphatic carbocycles. The lowest BCUT2D eigenvalue weighted by atomic mass is 9.95. The summed E-state index contributed by atoms with van der Waals surface area (Å²) in [6.45, 7) is 26.0. The molecular formula is C67H67Cl2F3N14O6. The lowest BCUT2D eigenvalue weighted by Gasteiger charge is -2.44. The molecule has 476 valence electrons. The normalized spacial score (nSPS) is 17.0. The molecule has 2 fully saturated rings. The highest BCUT2D eigenvalue weighted by Gasteiger charge is 2.37. The standard InChI is InChI=1S/C34H35ClFN7O3.C33H32ClF2N7O3/c1-8-26(45)41-14-20(6)42(15-19(41)5)32-21-13-22(35)29(28-23(36)10-9-11-25(28)44)38-33(21)43(34(46)39-32)31-18(4)12-24-30(27(31)17(2)3)37-16-40(24)7;1-7-25(45)41-13-18(5)42(14-17(41)4)31-19-11-20(34)28(27-21(35)9-8-10-24(27)44)38-32(19)43(33(46)39-31)30-22(36)12-23-29(26(30)16(2)3)37-15-40(23)6/h8-13,16-17,19-20,44H,1,14-15H2,2-7H3;7-12,15-18,44H,1,13-14H2,2-6H3/t19-,20+;17-,18+/m11/s1. The Bertz CT molecular complexity index is 4510. The molecule has 2 amide bonds. The van der Waals surface area contributed by atoms with E-state index < -0.39 is 34.6 Å². The van der Waals surface area contributed by atoms with E-state index >= 15 is 13.2 Å². The van der Waals surface area contributed by atoms with Gasteiger partial charge in [-0.05, 0) is 107 Å². The van der Waals surface area contributed by atoms with Gasteiger partial charge in [-0.15, -0.1) is 0 Å². The number of rotatable bonds is 10. The van der Waals surface area contributed by atoms with Crippen LogP contribution in [0.15, 0.2) is 108 Å². The summed E-state index contributed by atoms with van der Waals surface area (Å²) in [5.41, 5.74) is 3.41. The summed E-state index contributed by atoms with van der Waals surface area (Å²) in [7, 11) is 3.66. The Balaban J connectivity index is 0.000000188. The second-order valence-electron chi connectivity index (χ2n) is 24.2. The summed E-state index contributed by atoms with van der Waals surface area (Å²) in [4.78, 5) is 88.7. The van der Waals surface area contributed by atoms with Crippen molar-refractivity contribution in [2.45, 2.75) is 98.3 Å². The average molecular weight is 1290 g/mol. The monoisotopic (exact) mass is 1290 g/mol. The fraction of sp³-hybridized carbons (Fsp3) is 0.313. The van der Waals surface area contributed by atoms with Crippen LogP contribution in [-0.2, 0) is 23.7 Å². The molecule has 25 heteroatoms. The Kier molecular flexibility index (Phi) is 17.1. The highest BCUT2D eigenvalue weighted by Crippen LogP contribution is 2.43. The lowest BCUT2D eigenvalue weighted by molar-refractivity contribution is -0.129. The highest BCUT2D eigenvalue weighted by atomic mass is 35.5. The van der Waals surface area contributed by atoms with E-state index in [4.69, 9.17) is 28.2 Å². The molecule has 0 spiro atoms. The van der Waals surface area contributed by atoms with Crippen LogP contribution in [0.25, 0.3) is 78.0 Å². The number of hydrogen-bond acceptors (Lipinski definition) is 14. The molecule has 0 unspecified atom stereocenters. The number of nitrogens with zero attached hydrogens (tertiary/aromatic N) is 14. The molecule has 2 N–H and O–H groups in total. The first-order valence-corrected chi connectivity index (χ1v) is 30.6. The lowest BCUT2D eigenvalue weighted by Crippen LogP contribution is -2.58. The number of aryl methyl sites for hydroxylation is 3. The molecule has 8 heterocycles. The first kappa shape index (κ1) is 63.9. The van der Waals surface area contributed by atoms with Crippen LogP contribution in [0.5, 0.6) is 11.5 Å². The second-order valence-corrected chi connectivity index (χ2v) is 25.0. The summed E-state index contributed by atoms with van der Waals surface area (Å²) < 4.78 is 52.8. The number of pyridine rings is 2. The Morgan fingerprint density at radius 3 is 1.39 bits per heavy atom. The van der Waals surface area contributed by atoms with E-state index in [9.17, 15) is 29.4 Å². The predicted octanol–water partition coefficient (Wildman–Crippen LogP) is 11.6. The van der Waals surface area contributed by atoms with Gasteiger partial charge in [0, 0.05) is 81.6 Å². The van der Waals surface area contributed by atoms with Gasteiger partial charge in [0.1, 0.15) is 40.6 Å². The van der Waals surface area contributed by atoms with Crippen LogP contribution in [0.3, 0.4) is 0 Å². The third-order valence-electron chi connectivity index (χ3n) is 17.3. The molecule has 92 heavy (non-hydrogen) atoms. The van der Waals surface area contributed by atoms with Crippen molar-refractivity contribution in [2.24, 2.45) is 14.1 Å². The number of anilines is 2. The number of carbonyl (C=O) groups is 2. The van der Waals surface area contributed by atoms with Gasteiger partial charge < -0.3 is 38.9 Å². The van der Waals surface area contributed by atoms with E-state index in [1.165, 1.54) is 59.2 Å². The van der Waals surface area contributed by atoms with Gasteiger partial charge in [-0.25, -0.2) is 51.8 Å². The summed E-state index contributed by atoms with van der Waals surface area (Å²) in [5, 5.41) is 22.1. The maximum absolute atomic E-state index is 16.3. The van der Waals surface area contributed by atoms with Gasteiger partial charge in [0.25, 0.3) is 0 Å². The maximum Gasteiger partial charge on any atom is 0.355 e. The molecule has 2 aliphatic rings. The van der Waals surface area contributed by atoms with E-state index in [-0.39, 0.29) is 109 Å². The first-order valence-electron chi connectivity index (χ1n) is 29.9. The van der Waals surface area contributed by atoms with Gasteiger partial charge in [-0.3, -0.25) is 9.59 Å². The third kappa shape index (κ3) is 10.8. The van der Waals surface area contributed by atoms with Crippen LogP contribution in [0.4, 0.5) is 24.8 Å². The number of hydrogen-bond donors (Lipinski definition) is 2. The van der Waals surface area contributed by atoms with E-state index in [1.54, 1.807) is 40.1 Å². The average Bonchev–Trinajstić information content (AvgIpc) is 0.987. The zero-order valence-electron chi connectivity index (χ0n) is 52.5. The van der Waals surface area contributed by atoms with Crippen LogP contribution in [0.2, 0.25) is 10.0 Å². The number of phenolic OH excluding ortho intramolecular Hbond substituents is 2. The SMILES string of the molecule is C=CC(=O)N1C[C@H](C)N(c2nc(=O)n(-c3c(C)cc4c(ncn4C)c3C(C)C)c3nc(-c4c(O)cccc4F)c(Cl)cc23)C[C@H]1C.C=CC(=O)N1C[C@H](C)N(c2nc(=O)n(-c3c(F)cc4c(ncn4C)c3C(C)C)c3nc(-c4c(O)cccc4F)c(Cl)cc23)C[C@H]1C. The number of aromatic nitrogens is 10. The van der Waals surface area contributed by atoms with Crippen molar-refractivity contribution in [3.63, 3.8) is 0 Å². The number of benzene rings is 4. The molecule has 4 atom stereocenters. The Labute approximate surface area is 536 Å². The Morgan fingerprint density at radius 2 is 0.989 bits per heavy atom. The van der Waals surface area contributed by atoms with Crippen molar-refractivity contribution in [3.8, 4) is 45.4 Å². The first-order chi connectivity index (χ1) is 43.7. The number of amides is 2.